The summed E-state index contributed by atoms with van der Waals surface area (Å²) in [7, 11) is 1.58. The number of hydrogen-bond donors (Lipinski definition) is 2. The lowest BCUT2D eigenvalue weighted by Crippen LogP contribution is -2.44. The van der Waals surface area contributed by atoms with Gasteiger partial charge < -0.3 is 14.7 Å². The number of nitrogens with one attached hydrogen (secondary N) is 1. The van der Waals surface area contributed by atoms with Gasteiger partial charge >= 0.3 is 5.97 Å². The second-order valence-electron chi connectivity index (χ2n) is 5.08. The number of fused-ring (bicyclic) bond motifs is 1. The van der Waals surface area contributed by atoms with Crippen LogP contribution in [0.5, 0.6) is 0 Å². The number of amides is 1. The molecule has 2 heterocycles. The zero-order chi connectivity index (χ0) is 15.0. The average Bonchev–Trinajstić information content (AvgIpc) is 3.12. The van der Waals surface area contributed by atoms with Gasteiger partial charge in [-0.3, -0.25) is 14.7 Å². The van der Waals surface area contributed by atoms with Gasteiger partial charge in [-0.25, -0.2) is 0 Å². The standard InChI is InChI=1S/C14H15N3O4/c1-17(11-7-21-6-9(11)14(19)20)13(18)12-8-4-2-3-5-10(8)15-16-12/h2-5,9,11H,6-7H2,1H3,(H,15,16)(H,19,20). The fourth-order valence-electron chi connectivity index (χ4n) is 2.60. The number of aromatic amines is 1. The van der Waals surface area contributed by atoms with Crippen molar-refractivity contribution < 1.29 is 19.4 Å². The van der Waals surface area contributed by atoms with E-state index in [4.69, 9.17) is 4.74 Å². The van der Waals surface area contributed by atoms with Crippen LogP contribution in [-0.4, -0.2) is 58.4 Å². The number of benzene rings is 1. The molecule has 0 saturated carbocycles. The van der Waals surface area contributed by atoms with Gasteiger partial charge in [0.05, 0.1) is 24.8 Å². The summed E-state index contributed by atoms with van der Waals surface area (Å²) in [5.41, 5.74) is 1.07. The van der Waals surface area contributed by atoms with Crippen molar-refractivity contribution in [2.24, 2.45) is 5.92 Å². The number of para-hydroxylation sites is 1. The third-order valence-electron chi connectivity index (χ3n) is 3.86. The van der Waals surface area contributed by atoms with E-state index in [-0.39, 0.29) is 19.1 Å². The Morgan fingerprint density at radius 2 is 2.14 bits per heavy atom. The highest BCUT2D eigenvalue weighted by Gasteiger charge is 2.39. The van der Waals surface area contributed by atoms with Crippen LogP contribution >= 0.6 is 0 Å². The number of H-pyrrole nitrogens is 1. The second-order valence-corrected chi connectivity index (χ2v) is 5.08. The maximum Gasteiger partial charge on any atom is 0.311 e. The van der Waals surface area contributed by atoms with Gasteiger partial charge in [0, 0.05) is 12.4 Å². The van der Waals surface area contributed by atoms with Gasteiger partial charge in [-0.2, -0.15) is 5.10 Å². The number of likely N-dealkylation sites (N-methyl/N-ethyl adjacent to an activating group) is 1. The number of carboxylic acids is 1. The van der Waals surface area contributed by atoms with Crippen molar-refractivity contribution in [1.82, 2.24) is 15.1 Å². The molecule has 1 fully saturated rings. The molecule has 2 atom stereocenters. The van der Waals surface area contributed by atoms with Crippen LogP contribution in [0.15, 0.2) is 24.3 Å². The molecule has 1 aliphatic heterocycles. The first kappa shape index (κ1) is 13.6. The van der Waals surface area contributed by atoms with Crippen LogP contribution in [0.25, 0.3) is 10.9 Å². The smallest absolute Gasteiger partial charge is 0.311 e. The van der Waals surface area contributed by atoms with Crippen LogP contribution in [-0.2, 0) is 9.53 Å². The fourth-order valence-corrected chi connectivity index (χ4v) is 2.60. The van der Waals surface area contributed by atoms with E-state index in [0.717, 1.165) is 10.9 Å². The predicted molar refractivity (Wildman–Crippen MR) is 73.9 cm³/mol. The van der Waals surface area contributed by atoms with E-state index in [0.29, 0.717) is 5.69 Å². The van der Waals surface area contributed by atoms with Crippen molar-refractivity contribution in [1.29, 1.82) is 0 Å². The van der Waals surface area contributed by atoms with E-state index in [2.05, 4.69) is 10.2 Å². The van der Waals surface area contributed by atoms with Crippen molar-refractivity contribution in [2.75, 3.05) is 20.3 Å². The summed E-state index contributed by atoms with van der Waals surface area (Å²) in [6.45, 7) is 0.348. The molecule has 110 valence electrons. The third-order valence-corrected chi connectivity index (χ3v) is 3.86. The summed E-state index contributed by atoms with van der Waals surface area (Å²) < 4.78 is 5.20. The van der Waals surface area contributed by atoms with Crippen LogP contribution in [0.4, 0.5) is 0 Å². The number of aliphatic carboxylic acids is 1. The van der Waals surface area contributed by atoms with E-state index >= 15 is 0 Å². The summed E-state index contributed by atoms with van der Waals surface area (Å²) in [6.07, 6.45) is 0. The van der Waals surface area contributed by atoms with E-state index in [1.165, 1.54) is 4.90 Å². The minimum absolute atomic E-state index is 0.124. The Morgan fingerprint density at radius 1 is 1.38 bits per heavy atom. The van der Waals surface area contributed by atoms with Crippen LogP contribution in [0.3, 0.4) is 0 Å². The zero-order valence-electron chi connectivity index (χ0n) is 11.4. The van der Waals surface area contributed by atoms with E-state index < -0.39 is 17.9 Å². The Morgan fingerprint density at radius 3 is 2.90 bits per heavy atom. The lowest BCUT2D eigenvalue weighted by Gasteiger charge is -2.25. The molecular weight excluding hydrogens is 274 g/mol. The van der Waals surface area contributed by atoms with E-state index in [1.54, 1.807) is 13.1 Å². The molecule has 2 unspecified atom stereocenters. The third kappa shape index (κ3) is 2.25. The summed E-state index contributed by atoms with van der Waals surface area (Å²) in [6, 6.07) is 6.83. The van der Waals surface area contributed by atoms with E-state index in [9.17, 15) is 14.7 Å². The zero-order valence-corrected chi connectivity index (χ0v) is 11.4. The molecule has 3 rings (SSSR count). The first-order valence-corrected chi connectivity index (χ1v) is 6.60. The van der Waals surface area contributed by atoms with Crippen molar-refractivity contribution in [3.05, 3.63) is 30.0 Å². The predicted octanol–water partition coefficient (Wildman–Crippen LogP) is 0.734. The van der Waals surface area contributed by atoms with Crippen LogP contribution < -0.4 is 0 Å². The molecule has 1 aromatic heterocycles. The van der Waals surface area contributed by atoms with Crippen LogP contribution in [0, 0.1) is 5.92 Å². The monoisotopic (exact) mass is 289 g/mol. The largest absolute Gasteiger partial charge is 0.481 e. The quantitative estimate of drug-likeness (QED) is 0.868. The van der Waals surface area contributed by atoms with Gasteiger partial charge in [-0.1, -0.05) is 18.2 Å². The average molecular weight is 289 g/mol. The van der Waals surface area contributed by atoms with Crippen molar-refractivity contribution in [3.63, 3.8) is 0 Å². The molecule has 0 radical (unpaired) electrons. The molecule has 2 aromatic rings. The summed E-state index contributed by atoms with van der Waals surface area (Å²) in [4.78, 5) is 25.2. The number of ether oxygens (including phenoxy) is 1. The van der Waals surface area contributed by atoms with Crippen LogP contribution in [0.1, 0.15) is 10.5 Å². The number of carbonyl (C=O) groups excluding carboxylic acids is 1. The Hall–Kier alpha value is -2.41. The van der Waals surface area contributed by atoms with Gasteiger partial charge in [0.1, 0.15) is 5.92 Å². The number of aromatic nitrogens is 2. The molecule has 1 aliphatic rings. The minimum atomic E-state index is -0.955. The molecule has 1 amide bonds. The molecule has 21 heavy (non-hydrogen) atoms. The molecule has 0 aliphatic carbocycles. The minimum Gasteiger partial charge on any atom is -0.481 e. The lowest BCUT2D eigenvalue weighted by molar-refractivity contribution is -0.142. The highest BCUT2D eigenvalue weighted by Crippen LogP contribution is 2.22. The fraction of sp³-hybridized carbons (Fsp3) is 0.357. The summed E-state index contributed by atoms with van der Waals surface area (Å²) in [5.74, 6) is -1.97. The lowest BCUT2D eigenvalue weighted by atomic mass is 10.0. The first-order valence-electron chi connectivity index (χ1n) is 6.60. The molecule has 2 N–H and O–H groups in total. The number of rotatable bonds is 3. The van der Waals surface area contributed by atoms with Crippen LogP contribution in [0.2, 0.25) is 0 Å². The SMILES string of the molecule is CN(C(=O)c1n[nH]c2ccccc12)C1COCC1C(=O)O. The Balaban J connectivity index is 1.89. The Labute approximate surface area is 120 Å². The van der Waals surface area contributed by atoms with Crippen molar-refractivity contribution in [2.45, 2.75) is 6.04 Å². The van der Waals surface area contributed by atoms with Crippen molar-refractivity contribution in [3.8, 4) is 0 Å². The summed E-state index contributed by atoms with van der Waals surface area (Å²) in [5, 5.41) is 16.8. The number of hydrogen-bond acceptors (Lipinski definition) is 4. The summed E-state index contributed by atoms with van der Waals surface area (Å²) >= 11 is 0. The molecule has 7 nitrogen and oxygen atoms in total. The molecule has 1 saturated heterocycles. The normalized spacial score (nSPS) is 21.6. The number of carboxylic acid groups (broad SMARTS) is 1. The van der Waals surface area contributed by atoms with Gasteiger partial charge in [0.25, 0.3) is 5.91 Å². The molecule has 1 aromatic carbocycles. The highest BCUT2D eigenvalue weighted by molar-refractivity contribution is 6.04. The Kier molecular flexibility index (Phi) is 3.34. The second kappa shape index (κ2) is 5.17. The maximum atomic E-state index is 12.6. The van der Waals surface area contributed by atoms with E-state index in [1.807, 2.05) is 18.2 Å². The Bertz CT molecular complexity index is 696. The topological polar surface area (TPSA) is 95.5 Å². The molecule has 0 spiro atoms. The van der Waals surface area contributed by atoms with Gasteiger partial charge in [-0.05, 0) is 6.07 Å². The molecular formula is C14H15N3O4. The number of nitrogens with zero attached hydrogens (tertiary/aromatic N) is 2. The van der Waals surface area contributed by atoms with Gasteiger partial charge in [0.2, 0.25) is 0 Å². The maximum absolute atomic E-state index is 12.6. The number of carbonyl (C=O) groups is 2. The molecule has 0 bridgehead atoms. The molecule has 7 heteroatoms. The van der Waals surface area contributed by atoms with Crippen molar-refractivity contribution >= 4 is 22.8 Å². The first-order chi connectivity index (χ1) is 10.1. The van der Waals surface area contributed by atoms with Gasteiger partial charge in [0.15, 0.2) is 5.69 Å². The van der Waals surface area contributed by atoms with Gasteiger partial charge in [-0.15, -0.1) is 0 Å². The highest BCUT2D eigenvalue weighted by atomic mass is 16.5.